The minimum Gasteiger partial charge on any atom is -0.467 e. The quantitative estimate of drug-likeness (QED) is 0.205. The SMILES string of the molecule is O=C(c1cc(Cl)cc(Cl)c1)N(Cc1cccc(OS(=O)(=O)c2cccc(C(F)(F)F)c2)c1)Cc1ccco1. The Morgan fingerprint density at radius 3 is 2.26 bits per heavy atom. The Morgan fingerprint density at radius 1 is 0.895 bits per heavy atom. The molecule has 0 aliphatic heterocycles. The van der Waals surface area contributed by atoms with E-state index in [2.05, 4.69) is 0 Å². The molecule has 0 saturated heterocycles. The molecule has 6 nitrogen and oxygen atoms in total. The van der Waals surface area contributed by atoms with Crippen LogP contribution in [0.4, 0.5) is 13.2 Å². The second-order valence-electron chi connectivity index (χ2n) is 8.11. The summed E-state index contributed by atoms with van der Waals surface area (Å²) in [6.07, 6.45) is -3.26. The summed E-state index contributed by atoms with van der Waals surface area (Å²) in [7, 11) is -4.58. The maximum absolute atomic E-state index is 13.3. The number of nitrogens with zero attached hydrogens (tertiary/aromatic N) is 1. The van der Waals surface area contributed by atoms with Crippen LogP contribution in [0.15, 0.2) is 94.4 Å². The molecule has 0 fully saturated rings. The van der Waals surface area contributed by atoms with E-state index in [9.17, 15) is 26.4 Å². The Balaban J connectivity index is 1.59. The summed E-state index contributed by atoms with van der Waals surface area (Å²) in [4.78, 5) is 14.1. The lowest BCUT2D eigenvalue weighted by molar-refractivity contribution is -0.137. The molecule has 0 atom stereocenters. The summed E-state index contributed by atoms with van der Waals surface area (Å²) < 4.78 is 75.0. The first-order valence-corrected chi connectivity index (χ1v) is 13.1. The van der Waals surface area contributed by atoms with E-state index in [0.29, 0.717) is 17.4 Å². The number of carbonyl (C=O) groups is 1. The van der Waals surface area contributed by atoms with Crippen molar-refractivity contribution in [1.29, 1.82) is 0 Å². The van der Waals surface area contributed by atoms with Gasteiger partial charge in [-0.3, -0.25) is 4.79 Å². The average Bonchev–Trinajstić information content (AvgIpc) is 3.35. The predicted molar refractivity (Wildman–Crippen MR) is 134 cm³/mol. The van der Waals surface area contributed by atoms with Crippen molar-refractivity contribution < 1.29 is 35.0 Å². The van der Waals surface area contributed by atoms with Gasteiger partial charge in [0.1, 0.15) is 16.4 Å². The molecule has 4 rings (SSSR count). The number of amides is 1. The molecule has 0 N–H and O–H groups in total. The molecule has 3 aromatic carbocycles. The lowest BCUT2D eigenvalue weighted by Crippen LogP contribution is -2.30. The van der Waals surface area contributed by atoms with Gasteiger partial charge in [-0.2, -0.15) is 21.6 Å². The fourth-order valence-corrected chi connectivity index (χ4v) is 5.06. The van der Waals surface area contributed by atoms with Crippen molar-refractivity contribution in [3.8, 4) is 5.75 Å². The third-order valence-electron chi connectivity index (χ3n) is 5.25. The highest BCUT2D eigenvalue weighted by Crippen LogP contribution is 2.31. The van der Waals surface area contributed by atoms with Crippen LogP contribution in [0.1, 0.15) is 27.2 Å². The summed E-state index contributed by atoms with van der Waals surface area (Å²) in [5.41, 5.74) is -0.410. The number of carbonyl (C=O) groups excluding carboxylic acids is 1. The molecule has 38 heavy (non-hydrogen) atoms. The smallest absolute Gasteiger partial charge is 0.416 e. The monoisotopic (exact) mass is 583 g/mol. The first-order chi connectivity index (χ1) is 17.9. The van der Waals surface area contributed by atoms with Crippen LogP contribution in [-0.4, -0.2) is 19.2 Å². The molecule has 198 valence electrons. The van der Waals surface area contributed by atoms with Crippen LogP contribution in [0.3, 0.4) is 0 Å². The highest BCUT2D eigenvalue weighted by atomic mass is 35.5. The minimum absolute atomic E-state index is 0.00444. The number of alkyl halides is 3. The van der Waals surface area contributed by atoms with Gasteiger partial charge in [-0.15, -0.1) is 0 Å². The second kappa shape index (κ2) is 11.1. The van der Waals surface area contributed by atoms with Crippen LogP contribution >= 0.6 is 23.2 Å². The highest BCUT2D eigenvalue weighted by molar-refractivity contribution is 7.87. The van der Waals surface area contributed by atoms with Gasteiger partial charge in [-0.05, 0) is 66.2 Å². The predicted octanol–water partition coefficient (Wildman–Crippen LogP) is 7.22. The molecule has 0 aliphatic rings. The molecular weight excluding hydrogens is 566 g/mol. The van der Waals surface area contributed by atoms with Crippen molar-refractivity contribution in [3.05, 3.63) is 118 Å². The maximum Gasteiger partial charge on any atom is 0.416 e. The third kappa shape index (κ3) is 6.89. The number of furan rings is 1. The van der Waals surface area contributed by atoms with Crippen LogP contribution in [0, 0.1) is 0 Å². The van der Waals surface area contributed by atoms with E-state index < -0.39 is 32.7 Å². The summed E-state index contributed by atoms with van der Waals surface area (Å²) in [6.45, 7) is 0.0774. The first-order valence-electron chi connectivity index (χ1n) is 10.9. The van der Waals surface area contributed by atoms with Crippen LogP contribution in [0.5, 0.6) is 5.75 Å². The Kier molecular flexibility index (Phi) is 8.05. The zero-order valence-corrected chi connectivity index (χ0v) is 21.6. The molecule has 0 unspecified atom stereocenters. The van der Waals surface area contributed by atoms with Gasteiger partial charge < -0.3 is 13.5 Å². The minimum atomic E-state index is -4.72. The Labute approximate surface area is 226 Å². The van der Waals surface area contributed by atoms with Crippen LogP contribution in [-0.2, 0) is 29.4 Å². The van der Waals surface area contributed by atoms with Crippen molar-refractivity contribution in [2.45, 2.75) is 24.2 Å². The lowest BCUT2D eigenvalue weighted by Gasteiger charge is -2.22. The normalized spacial score (nSPS) is 11.8. The van der Waals surface area contributed by atoms with Crippen molar-refractivity contribution in [2.75, 3.05) is 0 Å². The van der Waals surface area contributed by atoms with Gasteiger partial charge in [-0.1, -0.05) is 41.4 Å². The van der Waals surface area contributed by atoms with E-state index in [-0.39, 0.29) is 34.4 Å². The molecule has 0 saturated carbocycles. The summed E-state index contributed by atoms with van der Waals surface area (Å²) >= 11 is 12.1. The zero-order chi connectivity index (χ0) is 27.5. The van der Waals surface area contributed by atoms with Crippen molar-refractivity contribution >= 4 is 39.2 Å². The Hall–Kier alpha value is -3.47. The fraction of sp³-hybridized carbons (Fsp3) is 0.115. The van der Waals surface area contributed by atoms with E-state index in [4.69, 9.17) is 31.8 Å². The van der Waals surface area contributed by atoms with Gasteiger partial charge in [0.25, 0.3) is 5.91 Å². The molecule has 0 bridgehead atoms. The number of halogens is 5. The van der Waals surface area contributed by atoms with E-state index in [1.54, 1.807) is 18.2 Å². The van der Waals surface area contributed by atoms with Gasteiger partial charge in [0.15, 0.2) is 0 Å². The van der Waals surface area contributed by atoms with E-state index >= 15 is 0 Å². The molecule has 1 heterocycles. The summed E-state index contributed by atoms with van der Waals surface area (Å²) in [6, 6.07) is 16.9. The topological polar surface area (TPSA) is 76.8 Å². The Bertz CT molecular complexity index is 1540. The van der Waals surface area contributed by atoms with Gasteiger partial charge >= 0.3 is 16.3 Å². The maximum atomic E-state index is 13.3. The van der Waals surface area contributed by atoms with Gasteiger partial charge in [-0.25, -0.2) is 0 Å². The largest absolute Gasteiger partial charge is 0.467 e. The van der Waals surface area contributed by atoms with Gasteiger partial charge in [0.2, 0.25) is 0 Å². The molecule has 1 aromatic heterocycles. The number of hydrogen-bond acceptors (Lipinski definition) is 5. The summed E-state index contributed by atoms with van der Waals surface area (Å²) in [5.74, 6) is -0.0733. The Morgan fingerprint density at radius 2 is 1.61 bits per heavy atom. The van der Waals surface area contributed by atoms with Crippen LogP contribution in [0.2, 0.25) is 10.0 Å². The molecule has 0 radical (unpaired) electrons. The highest BCUT2D eigenvalue weighted by Gasteiger charge is 2.32. The fourth-order valence-electron chi connectivity index (χ4n) is 3.57. The van der Waals surface area contributed by atoms with E-state index in [1.807, 2.05) is 0 Å². The third-order valence-corrected chi connectivity index (χ3v) is 6.93. The van der Waals surface area contributed by atoms with Crippen LogP contribution < -0.4 is 4.18 Å². The number of hydrogen-bond donors (Lipinski definition) is 0. The van der Waals surface area contributed by atoms with Crippen molar-refractivity contribution in [1.82, 2.24) is 4.90 Å². The number of benzene rings is 3. The van der Waals surface area contributed by atoms with Crippen molar-refractivity contribution in [2.24, 2.45) is 0 Å². The second-order valence-corrected chi connectivity index (χ2v) is 10.5. The summed E-state index contributed by atoms with van der Waals surface area (Å²) in [5, 5.41) is 0.544. The molecule has 0 spiro atoms. The van der Waals surface area contributed by atoms with Gasteiger partial charge in [0.05, 0.1) is 18.4 Å². The lowest BCUT2D eigenvalue weighted by atomic mass is 10.1. The average molecular weight is 584 g/mol. The molecule has 12 heteroatoms. The molecule has 0 aliphatic carbocycles. The zero-order valence-electron chi connectivity index (χ0n) is 19.3. The molecule has 4 aromatic rings. The van der Waals surface area contributed by atoms with Crippen LogP contribution in [0.25, 0.3) is 0 Å². The standard InChI is InChI=1S/C26H18Cl2F3NO5S/c27-20-11-18(12-21(28)14-20)25(33)32(16-23-7-3-9-36-23)15-17-4-1-6-22(10-17)37-38(34,35)24-8-2-5-19(13-24)26(29,30)31/h1-14H,15-16H2. The molecule has 1 amide bonds. The van der Waals surface area contributed by atoms with E-state index in [1.165, 1.54) is 47.6 Å². The van der Waals surface area contributed by atoms with E-state index in [0.717, 1.165) is 18.2 Å². The molecular formula is C26H18Cl2F3NO5S. The number of rotatable bonds is 8. The van der Waals surface area contributed by atoms with Gasteiger partial charge in [0, 0.05) is 22.2 Å². The first kappa shape index (κ1) is 27.6. The van der Waals surface area contributed by atoms with Crippen molar-refractivity contribution in [3.63, 3.8) is 0 Å².